The van der Waals surface area contributed by atoms with Crippen molar-refractivity contribution in [2.75, 3.05) is 26.3 Å². The van der Waals surface area contributed by atoms with Gasteiger partial charge in [-0.1, -0.05) is 30.3 Å². The van der Waals surface area contributed by atoms with Crippen LogP contribution in [0.4, 0.5) is 0 Å². The number of hydrogen-bond acceptors (Lipinski definition) is 5. The van der Waals surface area contributed by atoms with Gasteiger partial charge in [-0.25, -0.2) is 4.98 Å². The fourth-order valence-electron chi connectivity index (χ4n) is 4.26. The molecular formula is C27H28N4O3. The lowest BCUT2D eigenvalue weighted by molar-refractivity contribution is -0.118. The van der Waals surface area contributed by atoms with Crippen molar-refractivity contribution >= 4 is 16.9 Å². The number of ether oxygens (including phenoxy) is 2. The molecule has 2 heterocycles. The number of hydrogen-bond donors (Lipinski definition) is 3. The molecule has 3 N–H and O–H groups in total. The lowest BCUT2D eigenvalue weighted by Crippen LogP contribution is -2.29. The van der Waals surface area contributed by atoms with E-state index in [1.807, 2.05) is 18.2 Å². The highest BCUT2D eigenvalue weighted by atomic mass is 16.6. The van der Waals surface area contributed by atoms with Crippen LogP contribution in [0, 0.1) is 6.92 Å². The summed E-state index contributed by atoms with van der Waals surface area (Å²) in [6.07, 6.45) is 0. The van der Waals surface area contributed by atoms with Crippen molar-refractivity contribution in [2.45, 2.75) is 20.4 Å². The molecule has 1 aliphatic rings. The molecule has 3 aromatic carbocycles. The molecule has 0 fully saturated rings. The van der Waals surface area contributed by atoms with E-state index in [4.69, 9.17) is 14.5 Å². The van der Waals surface area contributed by atoms with Gasteiger partial charge in [0.15, 0.2) is 11.5 Å². The van der Waals surface area contributed by atoms with E-state index in [-0.39, 0.29) is 5.91 Å². The molecule has 0 saturated carbocycles. The molecule has 7 heteroatoms. The van der Waals surface area contributed by atoms with Gasteiger partial charge in [0.2, 0.25) is 5.91 Å². The Kier molecular flexibility index (Phi) is 6.18. The van der Waals surface area contributed by atoms with Crippen molar-refractivity contribution in [3.8, 4) is 34.0 Å². The Hall–Kier alpha value is -3.84. The lowest BCUT2D eigenvalue weighted by atomic mass is 9.99. The van der Waals surface area contributed by atoms with Crippen molar-refractivity contribution in [1.82, 2.24) is 20.6 Å². The summed E-state index contributed by atoms with van der Waals surface area (Å²) in [6.45, 7) is 6.84. The number of amides is 1. The zero-order valence-electron chi connectivity index (χ0n) is 19.4. The lowest BCUT2D eigenvalue weighted by Gasteiger charge is -2.19. The first-order chi connectivity index (χ1) is 16.6. The molecule has 7 nitrogen and oxygen atoms in total. The molecule has 34 heavy (non-hydrogen) atoms. The number of rotatable bonds is 7. The molecule has 1 aliphatic heterocycles. The molecule has 0 spiro atoms. The highest BCUT2D eigenvalue weighted by molar-refractivity contribution is 5.89. The van der Waals surface area contributed by atoms with Crippen molar-refractivity contribution in [3.05, 3.63) is 65.7 Å². The monoisotopic (exact) mass is 456 g/mol. The second kappa shape index (κ2) is 9.57. The third-order valence-corrected chi connectivity index (χ3v) is 5.97. The van der Waals surface area contributed by atoms with Gasteiger partial charge in [0.25, 0.3) is 0 Å². The molecule has 5 rings (SSSR count). The number of aromatic nitrogens is 2. The first-order valence-electron chi connectivity index (χ1n) is 11.5. The van der Waals surface area contributed by atoms with Gasteiger partial charge in [-0.3, -0.25) is 4.79 Å². The van der Waals surface area contributed by atoms with Crippen LogP contribution >= 0.6 is 0 Å². The summed E-state index contributed by atoms with van der Waals surface area (Å²) in [7, 11) is 0. The van der Waals surface area contributed by atoms with Crippen LogP contribution in [0.2, 0.25) is 0 Å². The maximum absolute atomic E-state index is 11.0. The van der Waals surface area contributed by atoms with Crippen molar-refractivity contribution < 1.29 is 14.3 Å². The minimum atomic E-state index is -0.0129. The van der Waals surface area contributed by atoms with Gasteiger partial charge in [0.1, 0.15) is 19.0 Å². The second-order valence-electron chi connectivity index (χ2n) is 8.44. The average molecular weight is 457 g/mol. The molecule has 0 saturated heterocycles. The van der Waals surface area contributed by atoms with Gasteiger partial charge < -0.3 is 25.1 Å². The number of fused-ring (bicyclic) bond motifs is 2. The molecule has 0 unspecified atom stereocenters. The van der Waals surface area contributed by atoms with Gasteiger partial charge in [-0.15, -0.1) is 0 Å². The SMILES string of the molecule is CC(=O)NCCNCc1cccc(-c2nc3c(C)c(-c4ccc5c(c4)OCCO5)ccc3[nH]2)c1. The number of aromatic amines is 1. The minimum absolute atomic E-state index is 0.0129. The van der Waals surface area contributed by atoms with Gasteiger partial charge in [-0.2, -0.15) is 0 Å². The van der Waals surface area contributed by atoms with E-state index in [0.29, 0.717) is 19.8 Å². The molecule has 0 atom stereocenters. The number of imidazole rings is 1. The van der Waals surface area contributed by atoms with Crippen LogP contribution < -0.4 is 20.1 Å². The molecule has 1 aromatic heterocycles. The minimum Gasteiger partial charge on any atom is -0.486 e. The quantitative estimate of drug-likeness (QED) is 0.363. The Labute approximate surface area is 198 Å². The maximum atomic E-state index is 11.0. The highest BCUT2D eigenvalue weighted by Gasteiger charge is 2.16. The smallest absolute Gasteiger partial charge is 0.216 e. The van der Waals surface area contributed by atoms with Crippen LogP contribution in [0.15, 0.2) is 54.6 Å². The van der Waals surface area contributed by atoms with E-state index in [2.05, 4.69) is 58.9 Å². The molecule has 174 valence electrons. The van der Waals surface area contributed by atoms with Crippen LogP contribution in [-0.4, -0.2) is 42.2 Å². The number of carbonyl (C=O) groups excluding carboxylic acids is 1. The summed E-state index contributed by atoms with van der Waals surface area (Å²) in [5.41, 5.74) is 7.49. The van der Waals surface area contributed by atoms with E-state index >= 15 is 0 Å². The summed E-state index contributed by atoms with van der Waals surface area (Å²) in [6, 6.07) is 18.6. The van der Waals surface area contributed by atoms with Crippen LogP contribution in [-0.2, 0) is 11.3 Å². The standard InChI is InChI=1S/C27H28N4O3/c1-17-22(20-6-9-24-25(15-20)34-13-12-33-24)7-8-23-26(17)31-27(30-23)21-5-3-4-19(14-21)16-28-10-11-29-18(2)32/h3-9,14-15,28H,10-13,16H2,1-2H3,(H,29,32)(H,30,31). The summed E-state index contributed by atoms with van der Waals surface area (Å²) >= 11 is 0. The fraction of sp³-hybridized carbons (Fsp3) is 0.259. The number of nitrogens with one attached hydrogen (secondary N) is 3. The van der Waals surface area contributed by atoms with Gasteiger partial charge in [0, 0.05) is 32.1 Å². The zero-order valence-corrected chi connectivity index (χ0v) is 19.4. The fourth-order valence-corrected chi connectivity index (χ4v) is 4.26. The molecular weight excluding hydrogens is 428 g/mol. The van der Waals surface area contributed by atoms with Gasteiger partial charge in [0.05, 0.1) is 11.0 Å². The average Bonchev–Trinajstić information content (AvgIpc) is 3.29. The molecule has 4 aromatic rings. The topological polar surface area (TPSA) is 88.3 Å². The normalized spacial score (nSPS) is 12.6. The van der Waals surface area contributed by atoms with Crippen LogP contribution in [0.5, 0.6) is 11.5 Å². The highest BCUT2D eigenvalue weighted by Crippen LogP contribution is 2.37. The number of aryl methyl sites for hydroxylation is 1. The van der Waals surface area contributed by atoms with Gasteiger partial charge in [-0.05, 0) is 53.4 Å². The number of nitrogens with zero attached hydrogens (tertiary/aromatic N) is 1. The Morgan fingerprint density at radius 3 is 2.71 bits per heavy atom. The summed E-state index contributed by atoms with van der Waals surface area (Å²) in [4.78, 5) is 19.4. The van der Waals surface area contributed by atoms with E-state index < -0.39 is 0 Å². The molecule has 1 amide bonds. The Morgan fingerprint density at radius 1 is 1.00 bits per heavy atom. The van der Waals surface area contributed by atoms with E-state index in [1.54, 1.807) is 0 Å². The summed E-state index contributed by atoms with van der Waals surface area (Å²) in [5.74, 6) is 2.41. The Bertz CT molecular complexity index is 1350. The largest absolute Gasteiger partial charge is 0.486 e. The predicted octanol–water partition coefficient (Wildman–Crippen LogP) is 4.20. The summed E-state index contributed by atoms with van der Waals surface area (Å²) in [5, 5.41) is 6.15. The molecule has 0 radical (unpaired) electrons. The zero-order chi connectivity index (χ0) is 23.5. The first-order valence-corrected chi connectivity index (χ1v) is 11.5. The second-order valence-corrected chi connectivity index (χ2v) is 8.44. The Morgan fingerprint density at radius 2 is 1.85 bits per heavy atom. The summed E-state index contributed by atoms with van der Waals surface area (Å²) < 4.78 is 11.4. The number of benzene rings is 3. The third-order valence-electron chi connectivity index (χ3n) is 5.97. The van der Waals surface area contributed by atoms with Crippen LogP contribution in [0.1, 0.15) is 18.1 Å². The predicted molar refractivity (Wildman–Crippen MR) is 133 cm³/mol. The maximum Gasteiger partial charge on any atom is 0.216 e. The van der Waals surface area contributed by atoms with E-state index in [0.717, 1.165) is 69.3 Å². The molecule has 0 aliphatic carbocycles. The molecule has 0 bridgehead atoms. The van der Waals surface area contributed by atoms with Crippen molar-refractivity contribution in [1.29, 1.82) is 0 Å². The van der Waals surface area contributed by atoms with Gasteiger partial charge >= 0.3 is 0 Å². The van der Waals surface area contributed by atoms with Crippen LogP contribution in [0.3, 0.4) is 0 Å². The number of carbonyl (C=O) groups is 1. The van der Waals surface area contributed by atoms with E-state index in [1.165, 1.54) is 6.92 Å². The van der Waals surface area contributed by atoms with Crippen molar-refractivity contribution in [3.63, 3.8) is 0 Å². The third kappa shape index (κ3) is 4.61. The number of H-pyrrole nitrogens is 1. The first kappa shape index (κ1) is 22.0. The van der Waals surface area contributed by atoms with Crippen molar-refractivity contribution in [2.24, 2.45) is 0 Å². The van der Waals surface area contributed by atoms with Crippen LogP contribution in [0.25, 0.3) is 33.5 Å². The van der Waals surface area contributed by atoms with E-state index in [9.17, 15) is 4.79 Å². The Balaban J connectivity index is 1.38.